The number of carbonyl (C=O) groups excluding carboxylic acids is 1. The maximum absolute atomic E-state index is 13.2. The lowest BCUT2D eigenvalue weighted by molar-refractivity contribution is -0.387. The zero-order valence-corrected chi connectivity index (χ0v) is 21.8. The van der Waals surface area contributed by atoms with Gasteiger partial charge in [0.2, 0.25) is 6.79 Å². The van der Waals surface area contributed by atoms with Crippen LogP contribution in [0.3, 0.4) is 0 Å². The molecule has 38 heavy (non-hydrogen) atoms. The fourth-order valence-electron chi connectivity index (χ4n) is 3.69. The molecule has 0 radical (unpaired) electrons. The van der Waals surface area contributed by atoms with Gasteiger partial charge >= 0.3 is 10.1 Å². The van der Waals surface area contributed by atoms with Crippen molar-refractivity contribution in [2.45, 2.75) is 4.90 Å². The first kappa shape index (κ1) is 25.5. The van der Waals surface area contributed by atoms with E-state index in [1.54, 1.807) is 24.3 Å². The van der Waals surface area contributed by atoms with Crippen molar-refractivity contribution in [3.8, 4) is 23.0 Å². The molecule has 2 aliphatic heterocycles. The SMILES string of the molecule is COc1cc(/C=C2\SC(=S)N(c3ccc4c(c3)OCO4)C2=O)ccc1OS(=O)(=O)c1ccccc1[N+](=O)[O-]. The number of nitro benzene ring substituents is 1. The summed E-state index contributed by atoms with van der Waals surface area (Å²) in [7, 11) is -3.25. The minimum atomic E-state index is -4.55. The van der Waals surface area contributed by atoms with Crippen molar-refractivity contribution < 1.29 is 36.5 Å². The van der Waals surface area contributed by atoms with Crippen LogP contribution in [0.1, 0.15) is 5.56 Å². The van der Waals surface area contributed by atoms with E-state index in [9.17, 15) is 23.3 Å². The molecule has 14 heteroatoms. The van der Waals surface area contributed by atoms with Gasteiger partial charge in [-0.05, 0) is 42.0 Å². The van der Waals surface area contributed by atoms with Gasteiger partial charge in [0.15, 0.2) is 32.2 Å². The Morgan fingerprint density at radius 3 is 2.61 bits per heavy atom. The van der Waals surface area contributed by atoms with Gasteiger partial charge in [0.05, 0.1) is 22.6 Å². The van der Waals surface area contributed by atoms with Crippen molar-refractivity contribution in [3.05, 3.63) is 81.2 Å². The van der Waals surface area contributed by atoms with Crippen LogP contribution in [0.2, 0.25) is 0 Å². The Morgan fingerprint density at radius 2 is 1.84 bits per heavy atom. The molecule has 0 aromatic heterocycles. The summed E-state index contributed by atoms with van der Waals surface area (Å²) in [5.74, 6) is 0.588. The molecule has 0 atom stereocenters. The van der Waals surface area contributed by atoms with Crippen molar-refractivity contribution in [1.29, 1.82) is 0 Å². The maximum Gasteiger partial charge on any atom is 0.346 e. The van der Waals surface area contributed by atoms with Gasteiger partial charge < -0.3 is 18.4 Å². The highest BCUT2D eigenvalue weighted by Gasteiger charge is 2.34. The van der Waals surface area contributed by atoms with E-state index in [0.717, 1.165) is 23.9 Å². The smallest absolute Gasteiger partial charge is 0.346 e. The number of thiocarbonyl (C=S) groups is 1. The number of carbonyl (C=O) groups is 1. The fraction of sp³-hybridized carbons (Fsp3) is 0.0833. The second-order valence-corrected chi connectivity index (χ2v) is 10.9. The lowest BCUT2D eigenvalue weighted by Crippen LogP contribution is -2.27. The van der Waals surface area contributed by atoms with E-state index < -0.39 is 25.6 Å². The summed E-state index contributed by atoms with van der Waals surface area (Å²) < 4.78 is 47.1. The Kier molecular flexibility index (Phi) is 6.69. The van der Waals surface area contributed by atoms with Gasteiger partial charge in [-0.3, -0.25) is 19.8 Å². The Bertz CT molecular complexity index is 1640. The average Bonchev–Trinajstić information content (AvgIpc) is 3.47. The van der Waals surface area contributed by atoms with E-state index in [1.807, 2.05) is 0 Å². The summed E-state index contributed by atoms with van der Waals surface area (Å²) in [6.45, 7) is 0.0994. The normalized spacial score (nSPS) is 15.7. The van der Waals surface area contributed by atoms with Gasteiger partial charge in [0, 0.05) is 12.1 Å². The molecule has 0 unspecified atom stereocenters. The predicted molar refractivity (Wildman–Crippen MR) is 142 cm³/mol. The number of benzene rings is 3. The van der Waals surface area contributed by atoms with E-state index >= 15 is 0 Å². The number of nitro groups is 1. The third-order valence-electron chi connectivity index (χ3n) is 5.42. The van der Waals surface area contributed by atoms with Gasteiger partial charge in [-0.1, -0.05) is 42.2 Å². The Labute approximate surface area is 225 Å². The number of fused-ring (bicyclic) bond motifs is 1. The number of anilines is 1. The molecule has 0 bridgehead atoms. The van der Waals surface area contributed by atoms with Gasteiger partial charge in [-0.2, -0.15) is 8.42 Å². The summed E-state index contributed by atoms with van der Waals surface area (Å²) in [5.41, 5.74) is 0.415. The highest BCUT2D eigenvalue weighted by Crippen LogP contribution is 2.41. The van der Waals surface area contributed by atoms with E-state index in [4.69, 9.17) is 30.6 Å². The first-order valence-corrected chi connectivity index (χ1v) is 13.3. The number of hydrogen-bond donors (Lipinski definition) is 0. The van der Waals surface area contributed by atoms with Crippen LogP contribution in [0.15, 0.2) is 70.5 Å². The van der Waals surface area contributed by atoms with E-state index in [1.165, 1.54) is 42.3 Å². The monoisotopic (exact) mass is 572 g/mol. The third kappa shape index (κ3) is 4.76. The van der Waals surface area contributed by atoms with Crippen LogP contribution >= 0.6 is 24.0 Å². The fourth-order valence-corrected chi connectivity index (χ4v) is 6.10. The lowest BCUT2D eigenvalue weighted by Gasteiger charge is -2.14. The molecular formula is C24H16N2O9S3. The van der Waals surface area contributed by atoms with E-state index in [-0.39, 0.29) is 24.2 Å². The van der Waals surface area contributed by atoms with Crippen LogP contribution < -0.4 is 23.3 Å². The summed E-state index contributed by atoms with van der Waals surface area (Å²) in [4.78, 5) is 24.7. The molecule has 1 amide bonds. The third-order valence-corrected chi connectivity index (χ3v) is 8.01. The number of methoxy groups -OCH3 is 1. The molecule has 0 N–H and O–H groups in total. The largest absolute Gasteiger partial charge is 0.493 e. The topological polar surface area (TPSA) is 135 Å². The molecule has 0 spiro atoms. The Balaban J connectivity index is 1.41. The van der Waals surface area contributed by atoms with Crippen molar-refractivity contribution in [2.24, 2.45) is 0 Å². The van der Waals surface area contributed by atoms with Crippen LogP contribution in [-0.4, -0.2) is 37.5 Å². The number of rotatable bonds is 7. The summed E-state index contributed by atoms with van der Waals surface area (Å²) in [5, 5.41) is 11.3. The first-order valence-electron chi connectivity index (χ1n) is 10.7. The van der Waals surface area contributed by atoms with Gasteiger partial charge in [-0.15, -0.1) is 0 Å². The highest BCUT2D eigenvalue weighted by atomic mass is 32.2. The average molecular weight is 573 g/mol. The van der Waals surface area contributed by atoms with Crippen LogP contribution in [0, 0.1) is 10.1 Å². The summed E-state index contributed by atoms with van der Waals surface area (Å²) >= 11 is 6.52. The zero-order valence-electron chi connectivity index (χ0n) is 19.4. The molecular weight excluding hydrogens is 556 g/mol. The molecule has 1 fully saturated rings. The van der Waals surface area contributed by atoms with Crippen molar-refractivity contribution >= 4 is 61.8 Å². The zero-order chi connectivity index (χ0) is 27.0. The molecule has 5 rings (SSSR count). The number of hydrogen-bond acceptors (Lipinski definition) is 11. The predicted octanol–water partition coefficient (Wildman–Crippen LogP) is 4.51. The molecule has 2 heterocycles. The standard InChI is InChI=1S/C24H16N2O9S3/c1-32-19-10-14(6-8-18(19)35-38(30,31)22-5-3-2-4-16(22)26(28)29)11-21-23(27)25(24(36)37-21)15-7-9-17-20(12-15)34-13-33-17/h2-12H,13H2,1H3/b21-11-. The number of para-hydroxylation sites is 1. The van der Waals surface area contributed by atoms with Gasteiger partial charge in [0.1, 0.15) is 0 Å². The molecule has 194 valence electrons. The second-order valence-electron chi connectivity index (χ2n) is 7.73. The molecule has 0 aliphatic carbocycles. The van der Waals surface area contributed by atoms with Gasteiger partial charge in [0.25, 0.3) is 11.6 Å². The molecule has 2 aliphatic rings. The van der Waals surface area contributed by atoms with Crippen LogP contribution in [0.5, 0.6) is 23.0 Å². The van der Waals surface area contributed by atoms with Crippen LogP contribution in [-0.2, 0) is 14.9 Å². The van der Waals surface area contributed by atoms with Crippen molar-refractivity contribution in [2.75, 3.05) is 18.8 Å². The number of ether oxygens (including phenoxy) is 3. The number of amides is 1. The van der Waals surface area contributed by atoms with Crippen molar-refractivity contribution in [3.63, 3.8) is 0 Å². The molecule has 3 aromatic carbocycles. The first-order chi connectivity index (χ1) is 18.2. The van der Waals surface area contributed by atoms with Crippen LogP contribution in [0.25, 0.3) is 6.08 Å². The molecule has 1 saturated heterocycles. The molecule has 0 saturated carbocycles. The minimum Gasteiger partial charge on any atom is -0.493 e. The quantitative estimate of drug-likeness (QED) is 0.130. The second kappa shape index (κ2) is 9.96. The number of thioether (sulfide) groups is 1. The summed E-state index contributed by atoms with van der Waals surface area (Å²) in [6, 6.07) is 14.2. The Morgan fingerprint density at radius 1 is 1.08 bits per heavy atom. The van der Waals surface area contributed by atoms with Crippen molar-refractivity contribution in [1.82, 2.24) is 0 Å². The van der Waals surface area contributed by atoms with E-state index in [0.29, 0.717) is 32.0 Å². The molecule has 11 nitrogen and oxygen atoms in total. The maximum atomic E-state index is 13.2. The summed E-state index contributed by atoms with van der Waals surface area (Å²) in [6.07, 6.45) is 1.58. The van der Waals surface area contributed by atoms with Gasteiger partial charge in [-0.25, -0.2) is 0 Å². The molecule has 3 aromatic rings. The Hall–Kier alpha value is -4.14. The number of nitrogens with zero attached hydrogens (tertiary/aromatic N) is 2. The minimum absolute atomic E-state index is 0.0344. The lowest BCUT2D eigenvalue weighted by atomic mass is 10.2. The highest BCUT2D eigenvalue weighted by molar-refractivity contribution is 8.27. The van der Waals surface area contributed by atoms with Crippen LogP contribution in [0.4, 0.5) is 11.4 Å². The van der Waals surface area contributed by atoms with E-state index in [2.05, 4.69) is 0 Å².